The van der Waals surface area contributed by atoms with Gasteiger partial charge in [0.25, 0.3) is 5.69 Å². The monoisotopic (exact) mass is 280 g/mol. The summed E-state index contributed by atoms with van der Waals surface area (Å²) in [6.07, 6.45) is 2.28. The molecule has 0 saturated carbocycles. The van der Waals surface area contributed by atoms with Gasteiger partial charge in [-0.3, -0.25) is 14.9 Å². The lowest BCUT2D eigenvalue weighted by atomic mass is 10.1. The zero-order valence-electron chi connectivity index (χ0n) is 11.8. The van der Waals surface area contributed by atoms with Gasteiger partial charge in [-0.2, -0.15) is 0 Å². The van der Waals surface area contributed by atoms with E-state index in [1.165, 1.54) is 12.1 Å². The second-order valence-electron chi connectivity index (χ2n) is 4.51. The number of carbonyl (C=O) groups is 1. The minimum Gasteiger partial charge on any atom is -0.395 e. The maximum Gasteiger partial charge on any atom is 0.280 e. The molecule has 6 nitrogen and oxygen atoms in total. The molecule has 20 heavy (non-hydrogen) atoms. The largest absolute Gasteiger partial charge is 0.395 e. The number of anilines is 1. The highest BCUT2D eigenvalue weighted by atomic mass is 16.6. The number of rotatable bonds is 8. The Morgan fingerprint density at radius 2 is 2.05 bits per heavy atom. The summed E-state index contributed by atoms with van der Waals surface area (Å²) in [4.78, 5) is 23.2. The van der Waals surface area contributed by atoms with Gasteiger partial charge >= 0.3 is 0 Å². The van der Waals surface area contributed by atoms with Crippen LogP contribution in [0, 0.1) is 10.1 Å². The molecule has 0 amide bonds. The number of nitrogens with zero attached hydrogens (tertiary/aromatic N) is 2. The molecule has 110 valence electrons. The highest BCUT2D eigenvalue weighted by Gasteiger charge is 2.19. The zero-order valence-corrected chi connectivity index (χ0v) is 11.8. The van der Waals surface area contributed by atoms with Gasteiger partial charge in [-0.1, -0.05) is 13.8 Å². The first kappa shape index (κ1) is 16.1. The van der Waals surface area contributed by atoms with E-state index < -0.39 is 4.92 Å². The predicted molar refractivity (Wildman–Crippen MR) is 77.3 cm³/mol. The number of aldehydes is 1. The van der Waals surface area contributed by atoms with Crippen molar-refractivity contribution in [2.75, 3.05) is 18.1 Å². The van der Waals surface area contributed by atoms with E-state index in [2.05, 4.69) is 0 Å². The molecule has 6 heteroatoms. The Morgan fingerprint density at radius 3 is 2.50 bits per heavy atom. The van der Waals surface area contributed by atoms with E-state index in [1.54, 1.807) is 6.07 Å². The summed E-state index contributed by atoms with van der Waals surface area (Å²) in [5.41, 5.74) is 0.582. The molecule has 0 aliphatic heterocycles. The molecule has 0 bridgehead atoms. The Labute approximate surface area is 118 Å². The first-order valence-corrected chi connectivity index (χ1v) is 6.70. The van der Waals surface area contributed by atoms with Crippen molar-refractivity contribution in [3.8, 4) is 0 Å². The summed E-state index contributed by atoms with van der Waals surface area (Å²) >= 11 is 0. The number of hydrogen-bond acceptors (Lipinski definition) is 5. The van der Waals surface area contributed by atoms with Gasteiger partial charge in [0.1, 0.15) is 0 Å². The van der Waals surface area contributed by atoms with Crippen LogP contribution >= 0.6 is 0 Å². The molecule has 1 aromatic rings. The summed E-state index contributed by atoms with van der Waals surface area (Å²) in [6.45, 7) is 4.52. The summed E-state index contributed by atoms with van der Waals surface area (Å²) < 4.78 is 0. The smallest absolute Gasteiger partial charge is 0.280 e. The van der Waals surface area contributed by atoms with Gasteiger partial charge in [0.15, 0.2) is 6.29 Å². The SMILES string of the molecule is CCC(CC)N(CCO)c1ccc([N+](=O)[O-])c(C=O)c1. The lowest BCUT2D eigenvalue weighted by Crippen LogP contribution is -2.36. The van der Waals surface area contributed by atoms with Crippen LogP contribution in [-0.4, -0.2) is 35.5 Å². The number of benzene rings is 1. The van der Waals surface area contributed by atoms with Crippen molar-refractivity contribution in [2.45, 2.75) is 32.7 Å². The van der Waals surface area contributed by atoms with Crippen molar-refractivity contribution in [1.82, 2.24) is 0 Å². The number of carbonyl (C=O) groups excluding carboxylic acids is 1. The lowest BCUT2D eigenvalue weighted by Gasteiger charge is -2.32. The maximum atomic E-state index is 11.0. The summed E-state index contributed by atoms with van der Waals surface area (Å²) in [7, 11) is 0. The van der Waals surface area contributed by atoms with Crippen LogP contribution in [0.25, 0.3) is 0 Å². The van der Waals surface area contributed by atoms with Crippen LogP contribution in [0.3, 0.4) is 0 Å². The van der Waals surface area contributed by atoms with Crippen LogP contribution in [0.4, 0.5) is 11.4 Å². The molecular weight excluding hydrogens is 260 g/mol. The highest BCUT2D eigenvalue weighted by molar-refractivity contribution is 5.83. The Hall–Kier alpha value is -1.95. The molecule has 0 aliphatic rings. The average molecular weight is 280 g/mol. The minimum atomic E-state index is -0.568. The minimum absolute atomic E-state index is 0.0100. The third-order valence-electron chi connectivity index (χ3n) is 3.39. The molecule has 0 fully saturated rings. The molecule has 0 aliphatic carbocycles. The lowest BCUT2D eigenvalue weighted by molar-refractivity contribution is -0.385. The number of nitro benzene ring substituents is 1. The Kier molecular flexibility index (Phi) is 6.11. The van der Waals surface area contributed by atoms with Gasteiger partial charge in [0.05, 0.1) is 17.1 Å². The van der Waals surface area contributed by atoms with Crippen LogP contribution < -0.4 is 4.90 Å². The highest BCUT2D eigenvalue weighted by Crippen LogP contribution is 2.26. The average Bonchev–Trinajstić information content (AvgIpc) is 2.46. The fraction of sp³-hybridized carbons (Fsp3) is 0.500. The van der Waals surface area contributed by atoms with Gasteiger partial charge in [0, 0.05) is 24.3 Å². The van der Waals surface area contributed by atoms with E-state index in [4.69, 9.17) is 0 Å². The summed E-state index contributed by atoms with van der Waals surface area (Å²) in [5.74, 6) is 0. The fourth-order valence-electron chi connectivity index (χ4n) is 2.34. The molecule has 1 rings (SSSR count). The van der Waals surface area contributed by atoms with Crippen molar-refractivity contribution < 1.29 is 14.8 Å². The molecule has 0 aromatic heterocycles. The molecule has 0 saturated heterocycles. The van der Waals surface area contributed by atoms with Gasteiger partial charge < -0.3 is 10.0 Å². The molecule has 0 spiro atoms. The fourth-order valence-corrected chi connectivity index (χ4v) is 2.34. The molecule has 0 atom stereocenters. The Morgan fingerprint density at radius 1 is 1.40 bits per heavy atom. The number of aliphatic hydroxyl groups is 1. The third-order valence-corrected chi connectivity index (χ3v) is 3.39. The molecular formula is C14H20N2O4. The van der Waals surface area contributed by atoms with E-state index in [-0.39, 0.29) is 23.9 Å². The summed E-state index contributed by atoms with van der Waals surface area (Å²) in [6, 6.07) is 4.70. The predicted octanol–water partition coefficient (Wildman–Crippen LogP) is 2.39. The van der Waals surface area contributed by atoms with Crippen LogP contribution in [-0.2, 0) is 0 Å². The standard InChI is InChI=1S/C14H20N2O4/c1-3-12(4-2)15(7-8-17)13-5-6-14(16(19)20)11(9-13)10-18/h5-6,9-10,12,17H,3-4,7-8H2,1-2H3. The van der Waals surface area contributed by atoms with Gasteiger partial charge in [-0.25, -0.2) is 0 Å². The molecule has 1 N–H and O–H groups in total. The first-order valence-electron chi connectivity index (χ1n) is 6.70. The Bertz CT molecular complexity index is 472. The van der Waals surface area contributed by atoms with E-state index in [1.807, 2.05) is 18.7 Å². The second kappa shape index (κ2) is 7.59. The quantitative estimate of drug-likeness (QED) is 0.449. The number of nitro groups is 1. The van der Waals surface area contributed by atoms with E-state index in [9.17, 15) is 20.0 Å². The van der Waals surface area contributed by atoms with Gasteiger partial charge in [-0.15, -0.1) is 0 Å². The van der Waals surface area contributed by atoms with Gasteiger partial charge in [-0.05, 0) is 25.0 Å². The normalized spacial score (nSPS) is 10.6. The van der Waals surface area contributed by atoms with Crippen LogP contribution in [0.2, 0.25) is 0 Å². The molecule has 1 aromatic carbocycles. The molecule has 0 heterocycles. The van der Waals surface area contributed by atoms with Crippen LogP contribution in [0.5, 0.6) is 0 Å². The van der Waals surface area contributed by atoms with Crippen molar-refractivity contribution in [1.29, 1.82) is 0 Å². The Balaban J connectivity index is 3.20. The third kappa shape index (κ3) is 3.54. The first-order chi connectivity index (χ1) is 9.58. The topological polar surface area (TPSA) is 83.7 Å². The second-order valence-corrected chi connectivity index (χ2v) is 4.51. The van der Waals surface area contributed by atoms with Gasteiger partial charge in [0.2, 0.25) is 0 Å². The van der Waals surface area contributed by atoms with Crippen molar-refractivity contribution in [3.05, 3.63) is 33.9 Å². The van der Waals surface area contributed by atoms with Crippen molar-refractivity contribution in [3.63, 3.8) is 0 Å². The van der Waals surface area contributed by atoms with Crippen LogP contribution in [0.15, 0.2) is 18.2 Å². The maximum absolute atomic E-state index is 11.0. The number of aliphatic hydroxyl groups excluding tert-OH is 1. The molecule has 0 unspecified atom stereocenters. The van der Waals surface area contributed by atoms with E-state index >= 15 is 0 Å². The van der Waals surface area contributed by atoms with Crippen molar-refractivity contribution >= 4 is 17.7 Å². The van der Waals surface area contributed by atoms with Crippen molar-refractivity contribution in [2.24, 2.45) is 0 Å². The van der Waals surface area contributed by atoms with E-state index in [0.717, 1.165) is 18.5 Å². The number of hydrogen-bond donors (Lipinski definition) is 1. The molecule has 0 radical (unpaired) electrons. The van der Waals surface area contributed by atoms with E-state index in [0.29, 0.717) is 12.8 Å². The zero-order chi connectivity index (χ0) is 15.1. The summed E-state index contributed by atoms with van der Waals surface area (Å²) in [5, 5.41) is 20.0. The van der Waals surface area contributed by atoms with Crippen LogP contribution in [0.1, 0.15) is 37.0 Å².